The van der Waals surface area contributed by atoms with Crippen molar-refractivity contribution < 1.29 is 18.7 Å². The summed E-state index contributed by atoms with van der Waals surface area (Å²) in [5.74, 6) is 0.347. The molecular formula is C26H25Cl4N3O4. The van der Waals surface area contributed by atoms with Crippen LogP contribution in [0, 0.1) is 5.92 Å². The summed E-state index contributed by atoms with van der Waals surface area (Å²) >= 11 is 24.3. The Hall–Kier alpha value is -2.71. The molecule has 0 fully saturated rings. The van der Waals surface area contributed by atoms with Crippen molar-refractivity contribution in [3.05, 3.63) is 74.4 Å². The minimum atomic E-state index is -0.913. The molecule has 196 valence electrons. The number of hydrogen-bond acceptors (Lipinski definition) is 5. The molecule has 7 nitrogen and oxygen atoms in total. The Morgan fingerprint density at radius 1 is 1.00 bits per heavy atom. The smallest absolute Gasteiger partial charge is 0.262 e. The zero-order chi connectivity index (χ0) is 27.1. The first-order valence-electron chi connectivity index (χ1n) is 11.3. The van der Waals surface area contributed by atoms with Gasteiger partial charge >= 0.3 is 0 Å². The minimum Gasteiger partial charge on any atom is -0.479 e. The van der Waals surface area contributed by atoms with E-state index in [0.29, 0.717) is 44.3 Å². The quantitative estimate of drug-likeness (QED) is 0.198. The molecule has 0 aliphatic rings. The number of nitrogens with one attached hydrogen (secondary N) is 2. The van der Waals surface area contributed by atoms with Crippen LogP contribution in [0.5, 0.6) is 5.75 Å². The fourth-order valence-electron chi connectivity index (χ4n) is 3.31. The Morgan fingerprint density at radius 3 is 2.46 bits per heavy atom. The SMILES string of the molecule is CC(C)C[C@H](NC(=O)[C@@H](C)Oc1ccc(Cl)cc1Cl)C(=O)N/N=C\c1ccc(-c2cccc(Cl)c2Cl)o1. The van der Waals surface area contributed by atoms with Crippen LogP contribution in [0.1, 0.15) is 33.0 Å². The van der Waals surface area contributed by atoms with E-state index in [1.54, 1.807) is 49.4 Å². The normalized spacial score (nSPS) is 13.0. The van der Waals surface area contributed by atoms with Crippen molar-refractivity contribution in [1.29, 1.82) is 0 Å². The lowest BCUT2D eigenvalue weighted by molar-refractivity contribution is -0.132. The van der Waals surface area contributed by atoms with Gasteiger partial charge in [-0.1, -0.05) is 66.3 Å². The maximum absolute atomic E-state index is 12.8. The molecule has 0 aliphatic heterocycles. The van der Waals surface area contributed by atoms with Gasteiger partial charge in [-0.25, -0.2) is 5.43 Å². The molecule has 1 aromatic heterocycles. The van der Waals surface area contributed by atoms with Crippen LogP contribution in [0.3, 0.4) is 0 Å². The van der Waals surface area contributed by atoms with Crippen molar-refractivity contribution in [3.63, 3.8) is 0 Å². The van der Waals surface area contributed by atoms with Crippen LogP contribution in [-0.2, 0) is 9.59 Å². The van der Waals surface area contributed by atoms with Gasteiger partial charge in [-0.15, -0.1) is 0 Å². The molecular weight excluding hydrogens is 560 g/mol. The van der Waals surface area contributed by atoms with Gasteiger partial charge in [0.15, 0.2) is 6.10 Å². The van der Waals surface area contributed by atoms with Gasteiger partial charge in [0.05, 0.1) is 21.3 Å². The first kappa shape index (κ1) is 28.9. The van der Waals surface area contributed by atoms with Gasteiger partial charge in [0.2, 0.25) is 0 Å². The van der Waals surface area contributed by atoms with Crippen LogP contribution in [0.4, 0.5) is 0 Å². The van der Waals surface area contributed by atoms with Crippen LogP contribution in [0.15, 0.2) is 58.0 Å². The van der Waals surface area contributed by atoms with Gasteiger partial charge in [-0.3, -0.25) is 9.59 Å². The molecule has 11 heteroatoms. The second-order valence-corrected chi connectivity index (χ2v) is 10.2. The van der Waals surface area contributed by atoms with Crippen LogP contribution >= 0.6 is 46.4 Å². The Labute approximate surface area is 235 Å². The summed E-state index contributed by atoms with van der Waals surface area (Å²) in [6, 6.07) is 12.5. The highest BCUT2D eigenvalue weighted by molar-refractivity contribution is 6.43. The maximum atomic E-state index is 12.8. The monoisotopic (exact) mass is 583 g/mol. The highest BCUT2D eigenvalue weighted by atomic mass is 35.5. The van der Waals surface area contributed by atoms with E-state index in [1.807, 2.05) is 13.8 Å². The number of halogens is 4. The van der Waals surface area contributed by atoms with Crippen LogP contribution < -0.4 is 15.5 Å². The van der Waals surface area contributed by atoms with E-state index in [4.69, 9.17) is 55.6 Å². The molecule has 2 N–H and O–H groups in total. The number of amides is 2. The van der Waals surface area contributed by atoms with Gasteiger partial charge in [0.1, 0.15) is 23.3 Å². The molecule has 3 rings (SSSR count). The number of ether oxygens (including phenoxy) is 1. The number of carbonyl (C=O) groups is 2. The van der Waals surface area contributed by atoms with Gasteiger partial charge < -0.3 is 14.5 Å². The standard InChI is InChI=1S/C26H25Cl4N3O4/c1-14(2)11-21(32-25(34)15(3)36-23-9-7-16(27)12-20(23)29)26(35)33-31-13-17-8-10-22(37-17)18-5-4-6-19(28)24(18)30/h4-10,12-15,21H,11H2,1-3H3,(H,32,34)(H,33,35)/b31-13-/t15-,21+/m1/s1. The summed E-state index contributed by atoms with van der Waals surface area (Å²) < 4.78 is 11.4. The number of hydrazone groups is 1. The summed E-state index contributed by atoms with van der Waals surface area (Å²) in [6.45, 7) is 5.44. The number of rotatable bonds is 10. The van der Waals surface area contributed by atoms with Crippen molar-refractivity contribution in [3.8, 4) is 17.1 Å². The van der Waals surface area contributed by atoms with Gasteiger partial charge in [-0.05, 0) is 61.7 Å². The second kappa shape index (κ2) is 13.2. The summed E-state index contributed by atoms with van der Waals surface area (Å²) in [7, 11) is 0. The molecule has 3 aromatic rings. The number of hydrogen-bond donors (Lipinski definition) is 2. The first-order valence-corrected chi connectivity index (χ1v) is 12.9. The van der Waals surface area contributed by atoms with Crippen LogP contribution in [0.2, 0.25) is 20.1 Å². The molecule has 0 bridgehead atoms. The molecule has 0 spiro atoms. The average Bonchev–Trinajstić information content (AvgIpc) is 3.30. The van der Waals surface area contributed by atoms with Crippen molar-refractivity contribution in [2.75, 3.05) is 0 Å². The predicted octanol–water partition coefficient (Wildman–Crippen LogP) is 7.01. The fraction of sp³-hybridized carbons (Fsp3) is 0.269. The molecule has 0 saturated carbocycles. The number of nitrogens with zero attached hydrogens (tertiary/aromatic N) is 1. The third-order valence-corrected chi connectivity index (χ3v) is 6.47. The molecule has 2 atom stereocenters. The molecule has 0 saturated heterocycles. The lowest BCUT2D eigenvalue weighted by Crippen LogP contribution is -2.49. The zero-order valence-electron chi connectivity index (χ0n) is 20.2. The molecule has 0 aliphatic carbocycles. The third kappa shape index (κ3) is 8.14. The molecule has 2 amide bonds. The molecule has 2 aromatic carbocycles. The predicted molar refractivity (Wildman–Crippen MR) is 148 cm³/mol. The fourth-order valence-corrected chi connectivity index (χ4v) is 4.15. The topological polar surface area (TPSA) is 92.9 Å². The lowest BCUT2D eigenvalue weighted by Gasteiger charge is -2.22. The van der Waals surface area contributed by atoms with Gasteiger partial charge in [0, 0.05) is 10.6 Å². The number of carbonyl (C=O) groups excluding carboxylic acids is 2. The lowest BCUT2D eigenvalue weighted by atomic mass is 10.0. The van der Waals surface area contributed by atoms with Crippen molar-refractivity contribution in [2.24, 2.45) is 11.0 Å². The highest BCUT2D eigenvalue weighted by Gasteiger charge is 2.25. The minimum absolute atomic E-state index is 0.122. The Kier molecular flexibility index (Phi) is 10.3. The number of furan rings is 1. The van der Waals surface area contributed by atoms with E-state index >= 15 is 0 Å². The van der Waals surface area contributed by atoms with E-state index in [0.717, 1.165) is 0 Å². The van der Waals surface area contributed by atoms with Gasteiger partial charge in [-0.2, -0.15) is 5.10 Å². The van der Waals surface area contributed by atoms with Crippen LogP contribution in [-0.4, -0.2) is 30.2 Å². The Bertz CT molecular complexity index is 1290. The van der Waals surface area contributed by atoms with Crippen molar-refractivity contribution >= 4 is 64.4 Å². The Balaban J connectivity index is 1.62. The Morgan fingerprint density at radius 2 is 1.76 bits per heavy atom. The number of benzene rings is 2. The molecule has 0 radical (unpaired) electrons. The zero-order valence-corrected chi connectivity index (χ0v) is 23.3. The maximum Gasteiger partial charge on any atom is 0.262 e. The second-order valence-electron chi connectivity index (χ2n) is 8.56. The van der Waals surface area contributed by atoms with Crippen molar-refractivity contribution in [2.45, 2.75) is 39.3 Å². The molecule has 37 heavy (non-hydrogen) atoms. The summed E-state index contributed by atoms with van der Waals surface area (Å²) in [5, 5.41) is 8.19. The molecule has 1 heterocycles. The van der Waals surface area contributed by atoms with E-state index in [-0.39, 0.29) is 10.9 Å². The van der Waals surface area contributed by atoms with Crippen LogP contribution in [0.25, 0.3) is 11.3 Å². The van der Waals surface area contributed by atoms with Crippen molar-refractivity contribution in [1.82, 2.24) is 10.7 Å². The van der Waals surface area contributed by atoms with E-state index in [1.165, 1.54) is 12.3 Å². The first-order chi connectivity index (χ1) is 17.5. The van der Waals surface area contributed by atoms with E-state index < -0.39 is 24.0 Å². The van der Waals surface area contributed by atoms with E-state index in [2.05, 4.69) is 15.8 Å². The van der Waals surface area contributed by atoms with Gasteiger partial charge in [0.25, 0.3) is 11.8 Å². The summed E-state index contributed by atoms with van der Waals surface area (Å²) in [5.41, 5.74) is 3.08. The largest absolute Gasteiger partial charge is 0.479 e. The highest BCUT2D eigenvalue weighted by Crippen LogP contribution is 2.34. The summed E-state index contributed by atoms with van der Waals surface area (Å²) in [4.78, 5) is 25.6. The van der Waals surface area contributed by atoms with E-state index in [9.17, 15) is 9.59 Å². The average molecular weight is 585 g/mol. The summed E-state index contributed by atoms with van der Waals surface area (Å²) in [6.07, 6.45) is 0.826. The molecule has 0 unspecified atom stereocenters. The third-order valence-electron chi connectivity index (χ3n) is 5.12.